The number of amides is 1. The molecule has 4 heterocycles. The fraction of sp³-hybridized carbons (Fsp3) is 0.478. The molecule has 32 heavy (non-hydrogen) atoms. The summed E-state index contributed by atoms with van der Waals surface area (Å²) in [6.07, 6.45) is 11.0. The SMILES string of the molecule is O=C1/C(=C\c2c(NC3CCCCC3)nc3ccccn3c2=O)SC(=S)N1CC1CCCO1. The largest absolute Gasteiger partial charge is 0.376 e. The molecule has 2 aromatic rings. The number of hydrogen-bond donors (Lipinski definition) is 1. The monoisotopic (exact) mass is 470 g/mol. The lowest BCUT2D eigenvalue weighted by atomic mass is 9.95. The third kappa shape index (κ3) is 4.33. The normalized spacial score (nSPS) is 23.6. The Morgan fingerprint density at radius 2 is 2.03 bits per heavy atom. The van der Waals surface area contributed by atoms with E-state index in [2.05, 4.69) is 5.32 Å². The first-order valence-electron chi connectivity index (χ1n) is 11.2. The standard InChI is InChI=1S/C23H26N4O3S2/c28-21-17(13-18-22(29)27(23(31)32-18)14-16-9-6-12-30-16)20(24-15-7-2-1-3-8-15)25-19-10-4-5-11-26(19)21/h4-5,10-11,13,15-16,24H,1-3,6-9,12,14H2/b18-13+. The smallest absolute Gasteiger partial charge is 0.267 e. The molecule has 1 N–H and O–H groups in total. The van der Waals surface area contributed by atoms with Gasteiger partial charge in [-0.05, 0) is 43.9 Å². The van der Waals surface area contributed by atoms with Crippen molar-refractivity contribution in [3.05, 3.63) is 45.2 Å². The first-order valence-corrected chi connectivity index (χ1v) is 12.5. The zero-order chi connectivity index (χ0) is 22.1. The van der Waals surface area contributed by atoms with E-state index < -0.39 is 0 Å². The summed E-state index contributed by atoms with van der Waals surface area (Å²) in [7, 11) is 0. The van der Waals surface area contributed by atoms with Crippen LogP contribution in [0.25, 0.3) is 11.7 Å². The van der Waals surface area contributed by atoms with Crippen LogP contribution in [-0.2, 0) is 9.53 Å². The third-order valence-corrected chi connectivity index (χ3v) is 7.65. The van der Waals surface area contributed by atoms with Gasteiger partial charge in [0, 0.05) is 18.8 Å². The predicted octanol–water partition coefficient (Wildman–Crippen LogP) is 3.82. The van der Waals surface area contributed by atoms with E-state index in [4.69, 9.17) is 21.9 Å². The van der Waals surface area contributed by atoms with Crippen LogP contribution in [-0.4, -0.2) is 49.8 Å². The topological polar surface area (TPSA) is 75.9 Å². The quantitative estimate of drug-likeness (QED) is 0.526. The van der Waals surface area contributed by atoms with Crippen LogP contribution in [0.1, 0.15) is 50.5 Å². The maximum Gasteiger partial charge on any atom is 0.267 e. The minimum Gasteiger partial charge on any atom is -0.376 e. The van der Waals surface area contributed by atoms with Crippen LogP contribution < -0.4 is 10.9 Å². The Labute approximate surface area is 196 Å². The fourth-order valence-electron chi connectivity index (χ4n) is 4.56. The van der Waals surface area contributed by atoms with Gasteiger partial charge in [0.25, 0.3) is 11.5 Å². The van der Waals surface area contributed by atoms with Crippen LogP contribution in [0, 0.1) is 0 Å². The number of thiocarbonyl (C=S) groups is 1. The zero-order valence-electron chi connectivity index (χ0n) is 17.8. The summed E-state index contributed by atoms with van der Waals surface area (Å²) in [5.74, 6) is 0.370. The fourth-order valence-corrected chi connectivity index (χ4v) is 5.82. The molecule has 3 fully saturated rings. The molecule has 1 aliphatic carbocycles. The van der Waals surface area contributed by atoms with Crippen LogP contribution in [0.15, 0.2) is 34.1 Å². The molecule has 1 saturated carbocycles. The second-order valence-electron chi connectivity index (χ2n) is 8.51. The number of rotatable bonds is 5. The number of aromatic nitrogens is 2. The molecule has 0 aromatic carbocycles. The van der Waals surface area contributed by atoms with Crippen molar-refractivity contribution in [2.24, 2.45) is 0 Å². The minimum absolute atomic E-state index is 0.0216. The number of nitrogens with one attached hydrogen (secondary N) is 1. The van der Waals surface area contributed by atoms with Crippen LogP contribution in [0.3, 0.4) is 0 Å². The van der Waals surface area contributed by atoms with Gasteiger partial charge in [-0.3, -0.25) is 18.9 Å². The molecule has 1 atom stereocenters. The van der Waals surface area contributed by atoms with E-state index >= 15 is 0 Å². The van der Waals surface area contributed by atoms with Gasteiger partial charge in [0.2, 0.25) is 0 Å². The van der Waals surface area contributed by atoms with Crippen molar-refractivity contribution >= 4 is 51.7 Å². The number of ether oxygens (including phenoxy) is 1. The highest BCUT2D eigenvalue weighted by Crippen LogP contribution is 2.34. The molecular formula is C23H26N4O3S2. The van der Waals surface area contributed by atoms with E-state index in [9.17, 15) is 9.59 Å². The third-order valence-electron chi connectivity index (χ3n) is 6.27. The Morgan fingerprint density at radius 3 is 2.81 bits per heavy atom. The molecule has 1 unspecified atom stereocenters. The lowest BCUT2D eigenvalue weighted by Crippen LogP contribution is -2.35. The Morgan fingerprint density at radius 1 is 1.19 bits per heavy atom. The second kappa shape index (κ2) is 9.33. The van der Waals surface area contributed by atoms with Gasteiger partial charge in [0.15, 0.2) is 0 Å². The summed E-state index contributed by atoms with van der Waals surface area (Å²) in [5.41, 5.74) is 0.786. The van der Waals surface area contributed by atoms with E-state index in [0.29, 0.717) is 32.8 Å². The average Bonchev–Trinajstić information content (AvgIpc) is 3.41. The number of thioether (sulfide) groups is 1. The molecule has 2 aliphatic heterocycles. The van der Waals surface area contributed by atoms with Crippen LogP contribution >= 0.6 is 24.0 Å². The number of fused-ring (bicyclic) bond motifs is 1. The lowest BCUT2D eigenvalue weighted by Gasteiger charge is -2.24. The van der Waals surface area contributed by atoms with Gasteiger partial charge in [-0.25, -0.2) is 4.98 Å². The summed E-state index contributed by atoms with van der Waals surface area (Å²) in [4.78, 5) is 33.3. The first kappa shape index (κ1) is 21.6. The van der Waals surface area contributed by atoms with Crippen molar-refractivity contribution in [2.75, 3.05) is 18.5 Å². The van der Waals surface area contributed by atoms with E-state index in [-0.39, 0.29) is 23.6 Å². The van der Waals surface area contributed by atoms with Gasteiger partial charge < -0.3 is 10.1 Å². The molecule has 7 nitrogen and oxygen atoms in total. The number of carbonyl (C=O) groups is 1. The maximum absolute atomic E-state index is 13.4. The van der Waals surface area contributed by atoms with Crippen molar-refractivity contribution < 1.29 is 9.53 Å². The van der Waals surface area contributed by atoms with Crippen LogP contribution in [0.5, 0.6) is 0 Å². The Balaban J connectivity index is 1.50. The van der Waals surface area contributed by atoms with Gasteiger partial charge in [-0.15, -0.1) is 0 Å². The molecule has 5 rings (SSSR count). The van der Waals surface area contributed by atoms with Crippen molar-refractivity contribution in [3.8, 4) is 0 Å². The minimum atomic E-state index is -0.196. The summed E-state index contributed by atoms with van der Waals surface area (Å²) in [6, 6.07) is 5.76. The molecule has 9 heteroatoms. The van der Waals surface area contributed by atoms with Gasteiger partial charge in [-0.2, -0.15) is 0 Å². The highest BCUT2D eigenvalue weighted by molar-refractivity contribution is 8.26. The maximum atomic E-state index is 13.4. The second-order valence-corrected chi connectivity index (χ2v) is 10.2. The molecule has 168 valence electrons. The summed E-state index contributed by atoms with van der Waals surface area (Å²) >= 11 is 6.71. The van der Waals surface area contributed by atoms with E-state index in [0.717, 1.165) is 32.3 Å². The summed E-state index contributed by atoms with van der Waals surface area (Å²) in [5, 5.41) is 3.50. The summed E-state index contributed by atoms with van der Waals surface area (Å²) in [6.45, 7) is 1.19. The number of pyridine rings is 1. The number of carbonyl (C=O) groups excluding carboxylic acids is 1. The molecule has 2 aromatic heterocycles. The molecule has 0 bridgehead atoms. The van der Waals surface area contributed by atoms with Gasteiger partial charge in [0.1, 0.15) is 15.8 Å². The van der Waals surface area contributed by atoms with E-state index in [1.54, 1.807) is 23.2 Å². The van der Waals surface area contributed by atoms with Crippen molar-refractivity contribution in [3.63, 3.8) is 0 Å². The van der Waals surface area contributed by atoms with Crippen LogP contribution in [0.2, 0.25) is 0 Å². The molecule has 2 saturated heterocycles. The highest BCUT2D eigenvalue weighted by atomic mass is 32.2. The molecule has 0 radical (unpaired) electrons. The Hall–Kier alpha value is -2.23. The lowest BCUT2D eigenvalue weighted by molar-refractivity contribution is -0.123. The molecule has 0 spiro atoms. The van der Waals surface area contributed by atoms with E-state index in [1.165, 1.54) is 35.4 Å². The van der Waals surface area contributed by atoms with Gasteiger partial charge in [-0.1, -0.05) is 49.3 Å². The number of anilines is 1. The van der Waals surface area contributed by atoms with Crippen molar-refractivity contribution in [2.45, 2.75) is 57.1 Å². The van der Waals surface area contributed by atoms with E-state index in [1.807, 2.05) is 12.1 Å². The Kier molecular flexibility index (Phi) is 6.30. The van der Waals surface area contributed by atoms with Gasteiger partial charge in [0.05, 0.1) is 23.1 Å². The summed E-state index contributed by atoms with van der Waals surface area (Å²) < 4.78 is 7.71. The van der Waals surface area contributed by atoms with Crippen molar-refractivity contribution in [1.82, 2.24) is 14.3 Å². The zero-order valence-corrected chi connectivity index (χ0v) is 19.4. The predicted molar refractivity (Wildman–Crippen MR) is 131 cm³/mol. The Bertz CT molecular complexity index is 1130. The van der Waals surface area contributed by atoms with Gasteiger partial charge >= 0.3 is 0 Å². The van der Waals surface area contributed by atoms with Crippen LogP contribution in [0.4, 0.5) is 5.82 Å². The molecule has 3 aliphatic rings. The highest BCUT2D eigenvalue weighted by Gasteiger charge is 2.35. The number of hydrogen-bond acceptors (Lipinski definition) is 7. The molecular weight excluding hydrogens is 444 g/mol. The first-order chi connectivity index (χ1) is 15.6. The number of nitrogens with zero attached hydrogens (tertiary/aromatic N) is 3. The average molecular weight is 471 g/mol. The molecule has 1 amide bonds. The van der Waals surface area contributed by atoms with Crippen molar-refractivity contribution in [1.29, 1.82) is 0 Å².